The summed E-state index contributed by atoms with van der Waals surface area (Å²) < 4.78 is 44.1. The third-order valence-electron chi connectivity index (χ3n) is 2.76. The minimum atomic E-state index is -4.84. The van der Waals surface area contributed by atoms with Gasteiger partial charge in [0.1, 0.15) is 11.8 Å². The molecule has 21 heavy (non-hydrogen) atoms. The monoisotopic (exact) mass is 302 g/mol. The predicted octanol–water partition coefficient (Wildman–Crippen LogP) is 3.47. The molecule has 7 nitrogen and oxygen atoms in total. The second kappa shape index (κ2) is 5.11. The molecule has 0 amide bonds. The third-order valence-corrected chi connectivity index (χ3v) is 2.76. The van der Waals surface area contributed by atoms with Crippen LogP contribution in [0.1, 0.15) is 18.9 Å². The van der Waals surface area contributed by atoms with Crippen LogP contribution < -0.4 is 4.74 Å². The van der Waals surface area contributed by atoms with E-state index in [1.54, 1.807) is 6.92 Å². The van der Waals surface area contributed by atoms with Crippen molar-refractivity contribution in [3.05, 3.63) is 40.2 Å². The van der Waals surface area contributed by atoms with E-state index in [1.165, 1.54) is 12.3 Å². The second-order valence-electron chi connectivity index (χ2n) is 4.13. The standard InChI is InChI=1S/C11H9F3N4O3/c1-2-10(3-4-16-17-10)21-9-8(11(12,13)14)5-7(6-15-9)18(19)20/h3-6H,2H2,1H3. The first-order chi connectivity index (χ1) is 9.77. The summed E-state index contributed by atoms with van der Waals surface area (Å²) in [5.74, 6) is -0.777. The zero-order valence-corrected chi connectivity index (χ0v) is 10.7. The Bertz CT molecular complexity index is 616. The van der Waals surface area contributed by atoms with E-state index < -0.39 is 34.0 Å². The van der Waals surface area contributed by atoms with E-state index >= 15 is 0 Å². The van der Waals surface area contributed by atoms with Gasteiger partial charge in [0.15, 0.2) is 0 Å². The molecule has 0 aliphatic carbocycles. The predicted molar refractivity (Wildman–Crippen MR) is 63.5 cm³/mol. The van der Waals surface area contributed by atoms with E-state index in [-0.39, 0.29) is 6.42 Å². The van der Waals surface area contributed by atoms with Gasteiger partial charge in [0.05, 0.1) is 11.1 Å². The lowest BCUT2D eigenvalue weighted by Gasteiger charge is -2.23. The fourth-order valence-electron chi connectivity index (χ4n) is 1.62. The molecule has 1 aliphatic rings. The van der Waals surface area contributed by atoms with Gasteiger partial charge in [-0.2, -0.15) is 18.3 Å². The van der Waals surface area contributed by atoms with Crippen LogP contribution in [0.4, 0.5) is 18.9 Å². The van der Waals surface area contributed by atoms with Gasteiger partial charge in [-0.25, -0.2) is 4.98 Å². The Hall–Kier alpha value is -2.52. The summed E-state index contributed by atoms with van der Waals surface area (Å²) >= 11 is 0. The molecular weight excluding hydrogens is 293 g/mol. The third kappa shape index (κ3) is 2.98. The average Bonchev–Trinajstić information content (AvgIpc) is 2.87. The highest BCUT2D eigenvalue weighted by Gasteiger charge is 2.40. The Morgan fingerprint density at radius 1 is 1.48 bits per heavy atom. The van der Waals surface area contributed by atoms with Crippen LogP contribution in [0.15, 0.2) is 34.8 Å². The number of ether oxygens (including phenoxy) is 1. The maximum Gasteiger partial charge on any atom is 0.421 e. The van der Waals surface area contributed by atoms with Gasteiger partial charge in [-0.3, -0.25) is 10.1 Å². The van der Waals surface area contributed by atoms with Crippen LogP contribution in [0.25, 0.3) is 0 Å². The lowest BCUT2D eigenvalue weighted by molar-refractivity contribution is -0.385. The van der Waals surface area contributed by atoms with Crippen molar-refractivity contribution in [1.82, 2.24) is 4.98 Å². The molecule has 1 aromatic heterocycles. The van der Waals surface area contributed by atoms with Crippen molar-refractivity contribution in [1.29, 1.82) is 0 Å². The maximum absolute atomic E-state index is 13.0. The fraction of sp³-hybridized carbons (Fsp3) is 0.364. The summed E-state index contributed by atoms with van der Waals surface area (Å²) in [6.45, 7) is 1.65. The van der Waals surface area contributed by atoms with Crippen LogP contribution in [0.2, 0.25) is 0 Å². The number of azo groups is 1. The number of nitrogens with zero attached hydrogens (tertiary/aromatic N) is 4. The SMILES string of the molecule is CCC1(Oc2ncc([N+](=O)[O-])cc2C(F)(F)F)C=CN=N1. The van der Waals surface area contributed by atoms with Gasteiger partial charge in [0.25, 0.3) is 5.69 Å². The van der Waals surface area contributed by atoms with Crippen LogP contribution in [0.3, 0.4) is 0 Å². The minimum absolute atomic E-state index is 0.225. The van der Waals surface area contributed by atoms with Gasteiger partial charge < -0.3 is 4.74 Å². The first kappa shape index (κ1) is 14.9. The van der Waals surface area contributed by atoms with Gasteiger partial charge in [0.2, 0.25) is 11.6 Å². The normalized spacial score (nSPS) is 20.8. The molecule has 112 valence electrons. The Labute approximate surface area is 116 Å². The minimum Gasteiger partial charge on any atom is -0.443 e. The Balaban J connectivity index is 2.46. The zero-order valence-electron chi connectivity index (χ0n) is 10.7. The summed E-state index contributed by atoms with van der Waals surface area (Å²) in [7, 11) is 0. The van der Waals surface area contributed by atoms with E-state index in [4.69, 9.17) is 4.74 Å². The highest BCUT2D eigenvalue weighted by molar-refractivity contribution is 5.40. The summed E-state index contributed by atoms with van der Waals surface area (Å²) in [4.78, 5) is 13.0. The van der Waals surface area contributed by atoms with Crippen molar-refractivity contribution in [3.63, 3.8) is 0 Å². The number of rotatable bonds is 4. The van der Waals surface area contributed by atoms with Gasteiger partial charge in [0, 0.05) is 18.6 Å². The quantitative estimate of drug-likeness (QED) is 0.629. The molecule has 0 aromatic carbocycles. The van der Waals surface area contributed by atoms with Crippen LogP contribution in [0, 0.1) is 10.1 Å². The first-order valence-electron chi connectivity index (χ1n) is 5.78. The molecular formula is C11H9F3N4O3. The molecule has 2 rings (SSSR count). The molecule has 0 saturated carbocycles. The van der Waals surface area contributed by atoms with E-state index in [1.807, 2.05) is 0 Å². The van der Waals surface area contributed by atoms with Crippen molar-refractivity contribution >= 4 is 5.69 Å². The second-order valence-corrected chi connectivity index (χ2v) is 4.13. The molecule has 1 atom stereocenters. The summed E-state index contributed by atoms with van der Waals surface area (Å²) in [6, 6.07) is 0.376. The Kier molecular flexibility index (Phi) is 3.62. The number of hydrogen-bond acceptors (Lipinski definition) is 6. The molecule has 2 heterocycles. The van der Waals surface area contributed by atoms with Crippen LogP contribution in [0.5, 0.6) is 5.88 Å². The Morgan fingerprint density at radius 3 is 2.67 bits per heavy atom. The highest BCUT2D eigenvalue weighted by atomic mass is 19.4. The summed E-state index contributed by atoms with van der Waals surface area (Å²) in [5, 5.41) is 17.8. The van der Waals surface area contributed by atoms with E-state index in [2.05, 4.69) is 15.2 Å². The van der Waals surface area contributed by atoms with Gasteiger partial charge >= 0.3 is 6.18 Å². The van der Waals surface area contributed by atoms with Gasteiger partial charge in [-0.1, -0.05) is 6.92 Å². The topological polar surface area (TPSA) is 90.0 Å². The molecule has 0 radical (unpaired) electrons. The summed E-state index contributed by atoms with van der Waals surface area (Å²) in [6.07, 6.45) is -1.24. The molecule has 1 unspecified atom stereocenters. The number of nitro groups is 1. The summed E-state index contributed by atoms with van der Waals surface area (Å²) in [5.41, 5.74) is -3.48. The zero-order chi connectivity index (χ0) is 15.7. The molecule has 0 spiro atoms. The Morgan fingerprint density at radius 2 is 2.19 bits per heavy atom. The van der Waals surface area contributed by atoms with Crippen molar-refractivity contribution in [2.45, 2.75) is 25.2 Å². The molecule has 1 aromatic rings. The van der Waals surface area contributed by atoms with E-state index in [0.717, 1.165) is 0 Å². The largest absolute Gasteiger partial charge is 0.443 e. The number of pyridine rings is 1. The lowest BCUT2D eigenvalue weighted by atomic mass is 10.1. The average molecular weight is 302 g/mol. The number of hydrogen-bond donors (Lipinski definition) is 0. The van der Waals surface area contributed by atoms with Crippen LogP contribution in [-0.4, -0.2) is 15.6 Å². The van der Waals surface area contributed by atoms with E-state index in [9.17, 15) is 23.3 Å². The molecule has 0 saturated heterocycles. The molecule has 0 bridgehead atoms. The fourth-order valence-corrected chi connectivity index (χ4v) is 1.62. The molecule has 0 fully saturated rings. The number of aromatic nitrogens is 1. The van der Waals surface area contributed by atoms with Crippen LogP contribution >= 0.6 is 0 Å². The molecule has 10 heteroatoms. The first-order valence-corrected chi connectivity index (χ1v) is 5.78. The van der Waals surface area contributed by atoms with Crippen molar-refractivity contribution < 1.29 is 22.8 Å². The number of halogens is 3. The van der Waals surface area contributed by atoms with Crippen molar-refractivity contribution in [2.75, 3.05) is 0 Å². The van der Waals surface area contributed by atoms with Crippen molar-refractivity contribution in [3.8, 4) is 5.88 Å². The molecule has 1 aliphatic heterocycles. The van der Waals surface area contributed by atoms with Gasteiger partial charge in [-0.15, -0.1) is 5.11 Å². The van der Waals surface area contributed by atoms with Gasteiger partial charge in [-0.05, 0) is 0 Å². The smallest absolute Gasteiger partial charge is 0.421 e. The molecule has 0 N–H and O–H groups in total. The maximum atomic E-state index is 13.0. The van der Waals surface area contributed by atoms with Crippen LogP contribution in [-0.2, 0) is 6.18 Å². The van der Waals surface area contributed by atoms with Crippen molar-refractivity contribution in [2.24, 2.45) is 10.2 Å². The highest BCUT2D eigenvalue weighted by Crippen LogP contribution is 2.39. The van der Waals surface area contributed by atoms with E-state index in [0.29, 0.717) is 12.3 Å². The number of alkyl halides is 3. The lowest BCUT2D eigenvalue weighted by Crippen LogP contribution is -2.30.